The number of ether oxygens (including phenoxy) is 1. The SMILES string of the molecule is CC(C)C(CO)C(O)C(CC1CCCCC1)NC(=O)OC(C)(C)C. The minimum absolute atomic E-state index is 0.0873. The van der Waals surface area contributed by atoms with Crippen molar-refractivity contribution < 1.29 is 19.7 Å². The molecule has 1 saturated carbocycles. The van der Waals surface area contributed by atoms with Crippen LogP contribution in [0.4, 0.5) is 4.79 Å². The lowest BCUT2D eigenvalue weighted by molar-refractivity contribution is -0.000508. The summed E-state index contributed by atoms with van der Waals surface area (Å²) in [6, 6.07) is -0.387. The summed E-state index contributed by atoms with van der Waals surface area (Å²) in [6.45, 7) is 9.35. The number of alkyl carbamates (subject to hydrolysis) is 1. The summed E-state index contributed by atoms with van der Waals surface area (Å²) in [5, 5.41) is 23.3. The van der Waals surface area contributed by atoms with E-state index < -0.39 is 17.8 Å². The van der Waals surface area contributed by atoms with Gasteiger partial charge in [0.1, 0.15) is 5.60 Å². The molecule has 1 fully saturated rings. The molecule has 1 aliphatic carbocycles. The standard InChI is InChI=1S/C19H37NO4/c1-13(2)15(12-21)17(22)16(11-14-9-7-6-8-10-14)20-18(23)24-19(3,4)5/h13-17,21-22H,6-12H2,1-5H3,(H,20,23). The van der Waals surface area contributed by atoms with Gasteiger partial charge in [0.2, 0.25) is 0 Å². The van der Waals surface area contributed by atoms with Crippen molar-refractivity contribution in [3.8, 4) is 0 Å². The maximum absolute atomic E-state index is 12.2. The Hall–Kier alpha value is -0.810. The van der Waals surface area contributed by atoms with Gasteiger partial charge in [-0.05, 0) is 39.0 Å². The number of nitrogens with one attached hydrogen (secondary N) is 1. The van der Waals surface area contributed by atoms with Crippen LogP contribution in [0.15, 0.2) is 0 Å². The fourth-order valence-electron chi connectivity index (χ4n) is 3.54. The number of aliphatic hydroxyl groups excluding tert-OH is 2. The first-order chi connectivity index (χ1) is 11.1. The number of hydrogen-bond acceptors (Lipinski definition) is 4. The zero-order valence-corrected chi connectivity index (χ0v) is 16.0. The number of rotatable bonds is 7. The molecule has 5 heteroatoms. The van der Waals surface area contributed by atoms with Crippen LogP contribution in [-0.2, 0) is 4.74 Å². The van der Waals surface area contributed by atoms with Gasteiger partial charge in [-0.3, -0.25) is 0 Å². The van der Waals surface area contributed by atoms with Crippen LogP contribution in [0.25, 0.3) is 0 Å². The van der Waals surface area contributed by atoms with Gasteiger partial charge in [-0.2, -0.15) is 0 Å². The Morgan fingerprint density at radius 1 is 1.21 bits per heavy atom. The summed E-state index contributed by atoms with van der Waals surface area (Å²) < 4.78 is 5.36. The molecule has 3 N–H and O–H groups in total. The predicted octanol–water partition coefficient (Wildman–Crippen LogP) is 3.48. The van der Waals surface area contributed by atoms with Crippen molar-refractivity contribution in [2.75, 3.05) is 6.61 Å². The molecule has 0 spiro atoms. The van der Waals surface area contributed by atoms with Crippen molar-refractivity contribution in [1.29, 1.82) is 0 Å². The second-order valence-electron chi connectivity index (χ2n) is 8.57. The first kappa shape index (κ1) is 21.2. The Morgan fingerprint density at radius 3 is 2.25 bits per heavy atom. The topological polar surface area (TPSA) is 78.8 Å². The van der Waals surface area contributed by atoms with Crippen LogP contribution in [0.5, 0.6) is 0 Å². The molecule has 24 heavy (non-hydrogen) atoms. The molecule has 1 rings (SSSR count). The van der Waals surface area contributed by atoms with Crippen LogP contribution < -0.4 is 5.32 Å². The Labute approximate surface area is 147 Å². The predicted molar refractivity (Wildman–Crippen MR) is 95.8 cm³/mol. The molecule has 0 aromatic rings. The van der Waals surface area contributed by atoms with E-state index in [4.69, 9.17) is 4.74 Å². The maximum Gasteiger partial charge on any atom is 0.407 e. The fraction of sp³-hybridized carbons (Fsp3) is 0.947. The molecule has 0 heterocycles. The second-order valence-corrected chi connectivity index (χ2v) is 8.57. The smallest absolute Gasteiger partial charge is 0.407 e. The van der Waals surface area contributed by atoms with Gasteiger partial charge in [-0.15, -0.1) is 0 Å². The molecular weight excluding hydrogens is 306 g/mol. The highest BCUT2D eigenvalue weighted by molar-refractivity contribution is 5.68. The second kappa shape index (κ2) is 9.62. The lowest BCUT2D eigenvalue weighted by Crippen LogP contribution is -2.50. The summed E-state index contributed by atoms with van der Waals surface area (Å²) in [5.41, 5.74) is -0.571. The van der Waals surface area contributed by atoms with E-state index in [0.717, 1.165) is 19.3 Å². The normalized spacial score (nSPS) is 20.5. The summed E-state index contributed by atoms with van der Waals surface area (Å²) in [5.74, 6) is 0.396. The van der Waals surface area contributed by atoms with E-state index in [1.54, 1.807) is 0 Å². The number of carbonyl (C=O) groups excluding carboxylic acids is 1. The first-order valence-electron chi connectivity index (χ1n) is 9.42. The highest BCUT2D eigenvalue weighted by Gasteiger charge is 2.33. The monoisotopic (exact) mass is 343 g/mol. The summed E-state index contributed by atoms with van der Waals surface area (Å²) in [7, 11) is 0. The molecule has 3 unspecified atom stereocenters. The molecule has 1 aliphatic rings. The van der Waals surface area contributed by atoms with Gasteiger partial charge in [-0.25, -0.2) is 4.79 Å². The van der Waals surface area contributed by atoms with E-state index in [1.165, 1.54) is 19.3 Å². The van der Waals surface area contributed by atoms with Gasteiger partial charge < -0.3 is 20.3 Å². The van der Waals surface area contributed by atoms with Crippen LogP contribution in [-0.4, -0.2) is 40.7 Å². The molecule has 3 atom stereocenters. The van der Waals surface area contributed by atoms with Crippen LogP contribution in [0.3, 0.4) is 0 Å². The van der Waals surface area contributed by atoms with Crippen molar-refractivity contribution in [2.45, 2.75) is 90.9 Å². The van der Waals surface area contributed by atoms with E-state index in [2.05, 4.69) is 5.32 Å². The molecule has 0 bridgehead atoms. The molecule has 0 saturated heterocycles. The average molecular weight is 344 g/mol. The van der Waals surface area contributed by atoms with E-state index in [9.17, 15) is 15.0 Å². The van der Waals surface area contributed by atoms with Crippen molar-refractivity contribution >= 4 is 6.09 Å². The van der Waals surface area contributed by atoms with Crippen molar-refractivity contribution in [1.82, 2.24) is 5.32 Å². The molecule has 5 nitrogen and oxygen atoms in total. The number of carbonyl (C=O) groups is 1. The minimum Gasteiger partial charge on any atom is -0.444 e. The summed E-state index contributed by atoms with van der Waals surface area (Å²) in [4.78, 5) is 12.2. The molecule has 0 aromatic heterocycles. The zero-order chi connectivity index (χ0) is 18.3. The molecular formula is C19H37NO4. The van der Waals surface area contributed by atoms with Crippen molar-refractivity contribution in [2.24, 2.45) is 17.8 Å². The molecule has 0 aromatic carbocycles. The number of hydrogen-bond donors (Lipinski definition) is 3. The third-order valence-corrected chi connectivity index (χ3v) is 4.93. The summed E-state index contributed by atoms with van der Waals surface area (Å²) >= 11 is 0. The van der Waals surface area contributed by atoms with E-state index >= 15 is 0 Å². The van der Waals surface area contributed by atoms with Gasteiger partial charge in [0.25, 0.3) is 0 Å². The largest absolute Gasteiger partial charge is 0.444 e. The highest BCUT2D eigenvalue weighted by atomic mass is 16.6. The van der Waals surface area contributed by atoms with Crippen molar-refractivity contribution in [3.05, 3.63) is 0 Å². The minimum atomic E-state index is -0.774. The van der Waals surface area contributed by atoms with E-state index in [1.807, 2.05) is 34.6 Å². The van der Waals surface area contributed by atoms with Crippen LogP contribution in [0.2, 0.25) is 0 Å². The van der Waals surface area contributed by atoms with Gasteiger partial charge >= 0.3 is 6.09 Å². The maximum atomic E-state index is 12.2. The summed E-state index contributed by atoms with van der Waals surface area (Å²) in [6.07, 6.45) is 5.46. The van der Waals surface area contributed by atoms with Gasteiger partial charge in [0.15, 0.2) is 0 Å². The Morgan fingerprint density at radius 2 is 1.79 bits per heavy atom. The number of amides is 1. The molecule has 142 valence electrons. The lowest BCUT2D eigenvalue weighted by Gasteiger charge is -2.35. The fourth-order valence-corrected chi connectivity index (χ4v) is 3.54. The lowest BCUT2D eigenvalue weighted by atomic mass is 9.80. The quantitative estimate of drug-likeness (QED) is 0.661. The van der Waals surface area contributed by atoms with Crippen LogP contribution >= 0.6 is 0 Å². The highest BCUT2D eigenvalue weighted by Crippen LogP contribution is 2.30. The Bertz CT molecular complexity index is 372. The third-order valence-electron chi connectivity index (χ3n) is 4.93. The van der Waals surface area contributed by atoms with Crippen LogP contribution in [0, 0.1) is 17.8 Å². The van der Waals surface area contributed by atoms with E-state index in [-0.39, 0.29) is 24.5 Å². The van der Waals surface area contributed by atoms with Gasteiger partial charge in [0.05, 0.1) is 12.1 Å². The average Bonchev–Trinajstić information content (AvgIpc) is 2.45. The molecule has 0 aliphatic heterocycles. The molecule has 0 radical (unpaired) electrons. The first-order valence-corrected chi connectivity index (χ1v) is 9.42. The zero-order valence-electron chi connectivity index (χ0n) is 16.0. The van der Waals surface area contributed by atoms with E-state index in [0.29, 0.717) is 5.92 Å². The Kier molecular flexibility index (Phi) is 8.51. The van der Waals surface area contributed by atoms with Crippen LogP contribution in [0.1, 0.15) is 73.1 Å². The molecule has 1 amide bonds. The van der Waals surface area contributed by atoms with Crippen molar-refractivity contribution in [3.63, 3.8) is 0 Å². The van der Waals surface area contributed by atoms with Gasteiger partial charge in [0, 0.05) is 12.5 Å². The third kappa shape index (κ3) is 7.39. The number of aliphatic hydroxyl groups is 2. The van der Waals surface area contributed by atoms with Gasteiger partial charge in [-0.1, -0.05) is 46.0 Å². The Balaban J connectivity index is 2.78.